The van der Waals surface area contributed by atoms with E-state index in [1.165, 1.54) is 25.7 Å². The zero-order chi connectivity index (χ0) is 16.2. The van der Waals surface area contributed by atoms with E-state index in [1.54, 1.807) is 31.2 Å². The Morgan fingerprint density at radius 2 is 1.71 bits per heavy atom. The summed E-state index contributed by atoms with van der Waals surface area (Å²) in [4.78, 5) is 35.8. The summed E-state index contributed by atoms with van der Waals surface area (Å²) in [5, 5.41) is 11.8. The Morgan fingerprint density at radius 3 is 2.10 bits per heavy atom. The molecule has 6 heteroatoms. The third kappa shape index (κ3) is 3.81. The van der Waals surface area contributed by atoms with Crippen molar-refractivity contribution in [2.75, 3.05) is 11.9 Å². The van der Waals surface area contributed by atoms with Crippen molar-refractivity contribution < 1.29 is 19.5 Å². The molecule has 0 aliphatic heterocycles. The number of nitrogens with one attached hydrogen (secondary N) is 1. The minimum absolute atomic E-state index is 0.0601. The molecule has 0 spiro atoms. The maximum Gasteiger partial charge on any atom is 0.329 e. The first-order valence-electron chi connectivity index (χ1n) is 6.63. The Morgan fingerprint density at radius 1 is 1.19 bits per heavy atom. The third-order valence-corrected chi connectivity index (χ3v) is 3.30. The van der Waals surface area contributed by atoms with E-state index >= 15 is 0 Å². The monoisotopic (exact) mass is 292 g/mol. The molecule has 0 aromatic heterocycles. The second-order valence-corrected chi connectivity index (χ2v) is 5.17. The highest BCUT2D eigenvalue weighted by atomic mass is 16.4. The number of benzene rings is 1. The molecule has 0 saturated heterocycles. The van der Waals surface area contributed by atoms with E-state index in [0.717, 1.165) is 0 Å². The number of carbonyl (C=O) groups is 3. The highest BCUT2D eigenvalue weighted by molar-refractivity contribution is 5.96. The van der Waals surface area contributed by atoms with Crippen LogP contribution in [0.2, 0.25) is 0 Å². The lowest BCUT2D eigenvalue weighted by molar-refractivity contribution is -0.147. The molecule has 0 fully saturated rings. The van der Waals surface area contributed by atoms with Gasteiger partial charge >= 0.3 is 12.0 Å². The van der Waals surface area contributed by atoms with Crippen LogP contribution >= 0.6 is 0 Å². The van der Waals surface area contributed by atoms with Crippen molar-refractivity contribution in [2.45, 2.75) is 33.2 Å². The number of hydrogen-bond acceptors (Lipinski definition) is 3. The number of carbonyl (C=O) groups excluding carboxylic acids is 2. The summed E-state index contributed by atoms with van der Waals surface area (Å²) >= 11 is 0. The fourth-order valence-corrected chi connectivity index (χ4v) is 1.89. The summed E-state index contributed by atoms with van der Waals surface area (Å²) in [6, 6.07) is 5.93. The van der Waals surface area contributed by atoms with Gasteiger partial charge in [0.2, 0.25) is 0 Å². The Kier molecular flexibility index (Phi) is 5.07. The molecule has 0 bridgehead atoms. The van der Waals surface area contributed by atoms with E-state index in [-0.39, 0.29) is 12.3 Å². The van der Waals surface area contributed by atoms with E-state index in [2.05, 4.69) is 5.32 Å². The molecule has 0 atom stereocenters. The number of ketones is 1. The summed E-state index contributed by atoms with van der Waals surface area (Å²) < 4.78 is 0. The molecule has 6 nitrogen and oxygen atoms in total. The standard InChI is InChI=1S/C15H20N2O4/c1-5-17(15(3,4)13(19)20)14(21)16-12-8-6-11(7-9-12)10(2)18/h6-9H,5H2,1-4H3,(H,16,21)(H,19,20). The normalized spacial score (nSPS) is 10.9. The van der Waals surface area contributed by atoms with Crippen LogP contribution in [0.25, 0.3) is 0 Å². The predicted octanol–water partition coefficient (Wildman–Crippen LogP) is 2.61. The van der Waals surface area contributed by atoms with Gasteiger partial charge in [0.15, 0.2) is 5.78 Å². The topological polar surface area (TPSA) is 86.7 Å². The van der Waals surface area contributed by atoms with Crippen LogP contribution in [0.5, 0.6) is 0 Å². The summed E-state index contributed by atoms with van der Waals surface area (Å²) in [6.07, 6.45) is 0. The van der Waals surface area contributed by atoms with Gasteiger partial charge in [-0.05, 0) is 52.0 Å². The number of nitrogens with zero attached hydrogens (tertiary/aromatic N) is 1. The number of carboxylic acids is 1. The minimum Gasteiger partial charge on any atom is -0.480 e. The third-order valence-electron chi connectivity index (χ3n) is 3.30. The van der Waals surface area contributed by atoms with Gasteiger partial charge < -0.3 is 15.3 Å². The zero-order valence-electron chi connectivity index (χ0n) is 12.6. The Labute approximate surface area is 123 Å². The van der Waals surface area contributed by atoms with Crippen molar-refractivity contribution in [3.8, 4) is 0 Å². The molecule has 114 valence electrons. The molecule has 0 aliphatic carbocycles. The van der Waals surface area contributed by atoms with E-state index < -0.39 is 17.5 Å². The fourth-order valence-electron chi connectivity index (χ4n) is 1.89. The quantitative estimate of drug-likeness (QED) is 0.817. The lowest BCUT2D eigenvalue weighted by Gasteiger charge is -2.34. The number of amides is 2. The number of carboxylic acid groups (broad SMARTS) is 1. The maximum atomic E-state index is 12.2. The van der Waals surface area contributed by atoms with Gasteiger partial charge in [0, 0.05) is 17.8 Å². The first kappa shape index (κ1) is 16.7. The first-order valence-corrected chi connectivity index (χ1v) is 6.63. The molecule has 0 heterocycles. The van der Waals surface area contributed by atoms with E-state index in [0.29, 0.717) is 11.3 Å². The summed E-state index contributed by atoms with van der Waals surface area (Å²) in [5.74, 6) is -1.14. The van der Waals surface area contributed by atoms with E-state index in [9.17, 15) is 19.5 Å². The van der Waals surface area contributed by atoms with Crippen molar-refractivity contribution in [1.29, 1.82) is 0 Å². The summed E-state index contributed by atoms with van der Waals surface area (Å²) in [7, 11) is 0. The van der Waals surface area contributed by atoms with Gasteiger partial charge in [-0.2, -0.15) is 0 Å². The fraction of sp³-hybridized carbons (Fsp3) is 0.400. The molecule has 0 radical (unpaired) electrons. The van der Waals surface area contributed by atoms with E-state index in [4.69, 9.17) is 0 Å². The average Bonchev–Trinajstić information content (AvgIpc) is 2.39. The second-order valence-electron chi connectivity index (χ2n) is 5.17. The molecule has 2 N–H and O–H groups in total. The SMILES string of the molecule is CCN(C(=O)Nc1ccc(C(C)=O)cc1)C(C)(C)C(=O)O. The van der Waals surface area contributed by atoms with Crippen LogP contribution in [-0.4, -0.2) is 39.9 Å². The van der Waals surface area contributed by atoms with Gasteiger partial charge in [-0.25, -0.2) is 9.59 Å². The minimum atomic E-state index is -1.31. The van der Waals surface area contributed by atoms with Crippen LogP contribution < -0.4 is 5.32 Å². The second kappa shape index (κ2) is 6.39. The van der Waals surface area contributed by atoms with Crippen molar-refractivity contribution in [3.05, 3.63) is 29.8 Å². The van der Waals surface area contributed by atoms with Crippen molar-refractivity contribution in [1.82, 2.24) is 4.90 Å². The zero-order valence-corrected chi connectivity index (χ0v) is 12.6. The summed E-state index contributed by atoms with van der Waals surface area (Å²) in [6.45, 7) is 6.37. The van der Waals surface area contributed by atoms with Gasteiger partial charge in [0.1, 0.15) is 5.54 Å². The van der Waals surface area contributed by atoms with E-state index in [1.807, 2.05) is 0 Å². The summed E-state index contributed by atoms with van der Waals surface area (Å²) in [5.41, 5.74) is -0.256. The van der Waals surface area contributed by atoms with Crippen LogP contribution in [0.15, 0.2) is 24.3 Å². The Bertz CT molecular complexity index is 549. The number of likely N-dealkylation sites (N-methyl/N-ethyl adjacent to an activating group) is 1. The van der Waals surface area contributed by atoms with Gasteiger partial charge in [0.25, 0.3) is 0 Å². The maximum absolute atomic E-state index is 12.2. The molecule has 21 heavy (non-hydrogen) atoms. The number of anilines is 1. The van der Waals surface area contributed by atoms with Gasteiger partial charge in [-0.1, -0.05) is 0 Å². The number of aliphatic carboxylic acids is 1. The average molecular weight is 292 g/mol. The number of urea groups is 1. The lowest BCUT2D eigenvalue weighted by atomic mass is 10.0. The van der Waals surface area contributed by atoms with Crippen molar-refractivity contribution >= 4 is 23.5 Å². The Balaban J connectivity index is 2.88. The van der Waals surface area contributed by atoms with Crippen LogP contribution in [-0.2, 0) is 4.79 Å². The predicted molar refractivity (Wildman–Crippen MR) is 79.6 cm³/mol. The molecular formula is C15H20N2O4. The highest BCUT2D eigenvalue weighted by Crippen LogP contribution is 2.17. The molecule has 0 unspecified atom stereocenters. The molecule has 0 saturated carbocycles. The molecule has 1 aromatic rings. The lowest BCUT2D eigenvalue weighted by Crippen LogP contribution is -2.54. The van der Waals surface area contributed by atoms with Gasteiger partial charge in [0.05, 0.1) is 0 Å². The number of Topliss-reactive ketones (excluding diaryl/α,β-unsaturated/α-hetero) is 1. The number of hydrogen-bond donors (Lipinski definition) is 2. The van der Waals surface area contributed by atoms with Crippen LogP contribution in [0.4, 0.5) is 10.5 Å². The Hall–Kier alpha value is -2.37. The van der Waals surface area contributed by atoms with Crippen molar-refractivity contribution in [3.63, 3.8) is 0 Å². The molecule has 2 amide bonds. The van der Waals surface area contributed by atoms with Crippen LogP contribution in [0.1, 0.15) is 38.1 Å². The molecular weight excluding hydrogens is 272 g/mol. The van der Waals surface area contributed by atoms with Crippen LogP contribution in [0, 0.1) is 0 Å². The van der Waals surface area contributed by atoms with Gasteiger partial charge in [-0.3, -0.25) is 4.79 Å². The molecule has 1 aromatic carbocycles. The number of rotatable bonds is 5. The first-order chi connectivity index (χ1) is 9.70. The molecule has 0 aliphatic rings. The van der Waals surface area contributed by atoms with Crippen LogP contribution in [0.3, 0.4) is 0 Å². The smallest absolute Gasteiger partial charge is 0.329 e. The largest absolute Gasteiger partial charge is 0.480 e. The highest BCUT2D eigenvalue weighted by Gasteiger charge is 2.36. The van der Waals surface area contributed by atoms with Gasteiger partial charge in [-0.15, -0.1) is 0 Å². The van der Waals surface area contributed by atoms with Crippen molar-refractivity contribution in [2.24, 2.45) is 0 Å². The molecule has 1 rings (SSSR count).